The molecule has 2 rings (SSSR count). The number of aryl methyl sites for hydroxylation is 2. The van der Waals surface area contributed by atoms with Crippen LogP contribution in [0.4, 0.5) is 17.2 Å². The second-order valence-electron chi connectivity index (χ2n) is 5.12. The van der Waals surface area contributed by atoms with Gasteiger partial charge in [0.25, 0.3) is 0 Å². The highest BCUT2D eigenvalue weighted by Crippen LogP contribution is 2.26. The van der Waals surface area contributed by atoms with Crippen molar-refractivity contribution in [1.29, 1.82) is 0 Å². The molecule has 2 N–H and O–H groups in total. The molecule has 0 radical (unpaired) electrons. The van der Waals surface area contributed by atoms with Gasteiger partial charge in [0, 0.05) is 12.1 Å². The Morgan fingerprint density at radius 1 is 1.05 bits per heavy atom. The molecule has 0 aliphatic carbocycles. The first-order chi connectivity index (χ1) is 10.7. The Labute approximate surface area is 132 Å². The van der Waals surface area contributed by atoms with Crippen LogP contribution in [0.1, 0.15) is 38.3 Å². The first-order valence-corrected chi connectivity index (χ1v) is 7.81. The molecular weight excluding hydrogens is 274 g/mol. The Morgan fingerprint density at radius 2 is 1.73 bits per heavy atom. The Kier molecular flexibility index (Phi) is 5.53. The van der Waals surface area contributed by atoms with Gasteiger partial charge in [-0.05, 0) is 36.1 Å². The van der Waals surface area contributed by atoms with Crippen molar-refractivity contribution in [2.75, 3.05) is 10.6 Å². The zero-order chi connectivity index (χ0) is 15.9. The van der Waals surface area contributed by atoms with Crippen molar-refractivity contribution in [3.05, 3.63) is 47.7 Å². The van der Waals surface area contributed by atoms with Crippen LogP contribution >= 0.6 is 0 Å². The first-order valence-electron chi connectivity index (χ1n) is 7.81. The molecule has 0 bridgehead atoms. The predicted molar refractivity (Wildman–Crippen MR) is 91.6 cm³/mol. The van der Waals surface area contributed by atoms with Gasteiger partial charge >= 0.3 is 0 Å². The van der Waals surface area contributed by atoms with Crippen molar-refractivity contribution in [3.63, 3.8) is 0 Å². The third kappa shape index (κ3) is 3.85. The van der Waals surface area contributed by atoms with E-state index in [0.29, 0.717) is 12.2 Å². The minimum atomic E-state index is -0.0298. The normalized spacial score (nSPS) is 10.3. The van der Waals surface area contributed by atoms with Gasteiger partial charge < -0.3 is 10.6 Å². The van der Waals surface area contributed by atoms with E-state index < -0.39 is 0 Å². The van der Waals surface area contributed by atoms with Crippen LogP contribution in [-0.2, 0) is 17.6 Å². The second kappa shape index (κ2) is 7.59. The number of carbonyl (C=O) groups excluding carboxylic acids is 1. The number of benzene rings is 1. The highest BCUT2D eigenvalue weighted by molar-refractivity contribution is 5.89. The molecule has 0 unspecified atom stereocenters. The van der Waals surface area contributed by atoms with E-state index in [1.54, 1.807) is 6.20 Å². The van der Waals surface area contributed by atoms with Gasteiger partial charge in [-0.3, -0.25) is 4.79 Å². The van der Waals surface area contributed by atoms with E-state index in [9.17, 15) is 4.79 Å². The molecule has 116 valence electrons. The van der Waals surface area contributed by atoms with Crippen molar-refractivity contribution >= 4 is 23.1 Å². The molecule has 2 aromatic rings. The third-order valence-electron chi connectivity index (χ3n) is 3.62. The van der Waals surface area contributed by atoms with Crippen LogP contribution in [-0.4, -0.2) is 10.9 Å². The van der Waals surface area contributed by atoms with Crippen LogP contribution in [0.3, 0.4) is 0 Å². The molecule has 0 saturated carbocycles. The summed E-state index contributed by atoms with van der Waals surface area (Å²) in [6.07, 6.45) is 4.16. The first kappa shape index (κ1) is 16.0. The van der Waals surface area contributed by atoms with Crippen LogP contribution in [0.5, 0.6) is 0 Å². The smallest absolute Gasteiger partial charge is 0.225 e. The van der Waals surface area contributed by atoms with E-state index in [2.05, 4.69) is 47.7 Å². The van der Waals surface area contributed by atoms with Crippen LogP contribution in [0.25, 0.3) is 0 Å². The van der Waals surface area contributed by atoms with Gasteiger partial charge in [0.2, 0.25) is 5.91 Å². The number of rotatable bonds is 6. The minimum Gasteiger partial charge on any atom is -0.354 e. The highest BCUT2D eigenvalue weighted by Gasteiger charge is 2.07. The zero-order valence-electron chi connectivity index (χ0n) is 13.4. The van der Waals surface area contributed by atoms with Crippen molar-refractivity contribution < 1.29 is 4.79 Å². The topological polar surface area (TPSA) is 54.0 Å². The van der Waals surface area contributed by atoms with Gasteiger partial charge in [-0.1, -0.05) is 39.0 Å². The maximum absolute atomic E-state index is 11.4. The number of anilines is 3. The molecule has 4 heteroatoms. The summed E-state index contributed by atoms with van der Waals surface area (Å²) >= 11 is 0. The van der Waals surface area contributed by atoms with Crippen LogP contribution < -0.4 is 10.6 Å². The summed E-state index contributed by atoms with van der Waals surface area (Å²) in [5, 5.41) is 6.21. The highest BCUT2D eigenvalue weighted by atomic mass is 16.1. The summed E-state index contributed by atoms with van der Waals surface area (Å²) in [5.41, 5.74) is 4.68. The summed E-state index contributed by atoms with van der Waals surface area (Å²) in [5.74, 6) is 0.551. The summed E-state index contributed by atoms with van der Waals surface area (Å²) in [7, 11) is 0. The number of hydrogen-bond donors (Lipinski definition) is 2. The SMILES string of the molecule is CCC(=O)Nc1ccc(Nc2c(CC)cccc2CC)cn1. The number of amides is 1. The van der Waals surface area contributed by atoms with E-state index >= 15 is 0 Å². The van der Waals surface area contributed by atoms with Crippen LogP contribution in [0.2, 0.25) is 0 Å². The molecule has 1 aromatic heterocycles. The number of nitrogens with zero attached hydrogens (tertiary/aromatic N) is 1. The predicted octanol–water partition coefficient (Wildman–Crippen LogP) is 4.30. The average Bonchev–Trinajstić information content (AvgIpc) is 2.56. The lowest BCUT2D eigenvalue weighted by molar-refractivity contribution is -0.115. The second-order valence-corrected chi connectivity index (χ2v) is 5.12. The average molecular weight is 297 g/mol. The van der Waals surface area contributed by atoms with Gasteiger partial charge in [0.1, 0.15) is 5.82 Å². The lowest BCUT2D eigenvalue weighted by Crippen LogP contribution is -2.10. The summed E-state index contributed by atoms with van der Waals surface area (Å²) in [6, 6.07) is 10.1. The summed E-state index contributed by atoms with van der Waals surface area (Å²) < 4.78 is 0. The lowest BCUT2D eigenvalue weighted by Gasteiger charge is -2.15. The van der Waals surface area contributed by atoms with Crippen molar-refractivity contribution in [2.24, 2.45) is 0 Å². The van der Waals surface area contributed by atoms with Crippen molar-refractivity contribution in [3.8, 4) is 0 Å². The Balaban J connectivity index is 2.19. The molecular formula is C18H23N3O. The van der Waals surface area contributed by atoms with Gasteiger partial charge in [-0.15, -0.1) is 0 Å². The fourth-order valence-corrected chi connectivity index (χ4v) is 2.32. The van der Waals surface area contributed by atoms with Crippen molar-refractivity contribution in [1.82, 2.24) is 4.98 Å². The number of hydrogen-bond acceptors (Lipinski definition) is 3. The van der Waals surface area contributed by atoms with Gasteiger partial charge in [0.05, 0.1) is 11.9 Å². The number of nitrogens with one attached hydrogen (secondary N) is 2. The molecule has 0 atom stereocenters. The molecule has 0 fully saturated rings. The monoisotopic (exact) mass is 297 g/mol. The standard InChI is InChI=1S/C18H23N3O/c1-4-13-8-7-9-14(5-2)18(13)20-15-10-11-16(19-12-15)21-17(22)6-3/h7-12,20H,4-6H2,1-3H3,(H,19,21,22). The van der Waals surface area contributed by atoms with Gasteiger partial charge in [-0.25, -0.2) is 4.98 Å². The number of para-hydroxylation sites is 1. The molecule has 1 amide bonds. The largest absolute Gasteiger partial charge is 0.354 e. The van der Waals surface area contributed by atoms with E-state index in [4.69, 9.17) is 0 Å². The zero-order valence-corrected chi connectivity index (χ0v) is 13.4. The van der Waals surface area contributed by atoms with Crippen LogP contribution in [0, 0.1) is 0 Å². The third-order valence-corrected chi connectivity index (χ3v) is 3.62. The molecule has 0 aliphatic heterocycles. The quantitative estimate of drug-likeness (QED) is 0.836. The lowest BCUT2D eigenvalue weighted by atomic mass is 10.0. The number of aromatic nitrogens is 1. The maximum Gasteiger partial charge on any atom is 0.225 e. The van der Waals surface area contributed by atoms with E-state index in [1.807, 2.05) is 19.1 Å². The van der Waals surface area contributed by atoms with Gasteiger partial charge in [0.15, 0.2) is 0 Å². The van der Waals surface area contributed by atoms with E-state index in [-0.39, 0.29) is 5.91 Å². The fourth-order valence-electron chi connectivity index (χ4n) is 2.32. The van der Waals surface area contributed by atoms with E-state index in [1.165, 1.54) is 16.8 Å². The minimum absolute atomic E-state index is 0.0298. The van der Waals surface area contributed by atoms with Gasteiger partial charge in [-0.2, -0.15) is 0 Å². The maximum atomic E-state index is 11.4. The Bertz CT molecular complexity index is 613. The molecule has 0 aliphatic rings. The molecule has 0 spiro atoms. The van der Waals surface area contributed by atoms with Crippen LogP contribution in [0.15, 0.2) is 36.5 Å². The fraction of sp³-hybridized carbons (Fsp3) is 0.333. The molecule has 4 nitrogen and oxygen atoms in total. The summed E-state index contributed by atoms with van der Waals surface area (Å²) in [6.45, 7) is 6.13. The molecule has 1 aromatic carbocycles. The summed E-state index contributed by atoms with van der Waals surface area (Å²) in [4.78, 5) is 15.6. The number of carbonyl (C=O) groups is 1. The Morgan fingerprint density at radius 3 is 2.23 bits per heavy atom. The Hall–Kier alpha value is -2.36. The van der Waals surface area contributed by atoms with Crippen molar-refractivity contribution in [2.45, 2.75) is 40.0 Å². The van der Waals surface area contributed by atoms with E-state index in [0.717, 1.165) is 18.5 Å². The number of pyridine rings is 1. The molecule has 1 heterocycles. The molecule has 0 saturated heterocycles. The molecule has 22 heavy (non-hydrogen) atoms.